The van der Waals surface area contributed by atoms with Gasteiger partial charge in [0.25, 0.3) is 0 Å². The minimum absolute atomic E-state index is 0.186. The Kier molecular flexibility index (Phi) is 9.64. The van der Waals surface area contributed by atoms with Gasteiger partial charge in [0.15, 0.2) is 0 Å². The van der Waals surface area contributed by atoms with E-state index >= 15 is 0 Å². The zero-order valence-corrected chi connectivity index (χ0v) is 32.8. The van der Waals surface area contributed by atoms with E-state index in [1.54, 1.807) is 12.4 Å². The Bertz CT molecular complexity index is 3060. The van der Waals surface area contributed by atoms with Gasteiger partial charge in [-0.15, -0.1) is 0 Å². The van der Waals surface area contributed by atoms with Crippen LogP contribution in [0.2, 0.25) is 0 Å². The second kappa shape index (κ2) is 15.8. The van der Waals surface area contributed by atoms with Gasteiger partial charge in [0.2, 0.25) is 0 Å². The average Bonchev–Trinajstić information content (AvgIpc) is 3.30. The van der Waals surface area contributed by atoms with Gasteiger partial charge in [0.05, 0.1) is 13.1 Å². The summed E-state index contributed by atoms with van der Waals surface area (Å²) in [6, 6.07) is 66.4. The van der Waals surface area contributed by atoms with Crippen molar-refractivity contribution in [3.63, 3.8) is 0 Å². The van der Waals surface area contributed by atoms with Crippen LogP contribution in [0.25, 0.3) is 87.6 Å². The van der Waals surface area contributed by atoms with Gasteiger partial charge in [0, 0.05) is 45.8 Å². The molecule has 10 rings (SSSR count). The minimum atomic E-state index is 0.186. The Morgan fingerprint density at radius 2 is 0.667 bits per heavy atom. The lowest BCUT2D eigenvalue weighted by molar-refractivity contribution is 0.476. The van der Waals surface area contributed by atoms with E-state index in [1.165, 1.54) is 0 Å². The normalized spacial score (nSPS) is 11.8. The van der Waals surface area contributed by atoms with E-state index < -0.39 is 0 Å². The van der Waals surface area contributed by atoms with Crippen LogP contribution in [0.1, 0.15) is 11.1 Å². The molecule has 0 heterocycles. The van der Waals surface area contributed by atoms with Crippen LogP contribution in [-0.2, 0) is 0 Å². The molecule has 0 aliphatic carbocycles. The summed E-state index contributed by atoms with van der Waals surface area (Å²) in [5.41, 5.74) is 9.09. The second-order valence-corrected chi connectivity index (χ2v) is 15.0. The number of phenols is 2. The van der Waals surface area contributed by atoms with E-state index in [0.717, 1.165) is 87.6 Å². The zero-order valence-electron chi connectivity index (χ0n) is 32.8. The fourth-order valence-corrected chi connectivity index (χ4v) is 8.66. The van der Waals surface area contributed by atoms with Crippen LogP contribution in [-0.4, -0.2) is 35.7 Å². The Morgan fingerprint density at radius 1 is 0.333 bits per heavy atom. The maximum atomic E-state index is 12.2. The molecule has 0 fully saturated rings. The van der Waals surface area contributed by atoms with Crippen LogP contribution in [0.3, 0.4) is 0 Å². The molecule has 0 aliphatic rings. The number of hydrogen-bond acceptors (Lipinski definition) is 4. The molecule has 0 radical (unpaired) electrons. The van der Waals surface area contributed by atoms with Crippen molar-refractivity contribution in [2.45, 2.75) is 0 Å². The highest BCUT2D eigenvalue weighted by Gasteiger charge is 2.22. The first-order valence-electron chi connectivity index (χ1n) is 20.3. The third-order valence-corrected chi connectivity index (χ3v) is 11.4. The van der Waals surface area contributed by atoms with Crippen molar-refractivity contribution < 1.29 is 10.2 Å². The fraction of sp³-hybridized carbons (Fsp3) is 0.0357. The molecular formula is C56H40N2O2. The monoisotopic (exact) mass is 772 g/mol. The number of phenolic OH excluding ortho intramolecular Hbond substituents is 2. The molecule has 2 N–H and O–H groups in total. The Hall–Kier alpha value is -7.82. The van der Waals surface area contributed by atoms with Crippen LogP contribution in [0.5, 0.6) is 11.5 Å². The molecule has 0 spiro atoms. The van der Waals surface area contributed by atoms with E-state index in [0.29, 0.717) is 24.2 Å². The largest absolute Gasteiger partial charge is 0.507 e. The standard InChI is InChI=1S/C56H40N2O2/c59-55-43(33-41-21-9-13-25-47(41)53(55)51-45-23-11-7-19-39(45)27-29-49(51)37-15-3-1-4-16-37)35-57-31-32-58-36-44-34-42-22-10-14-26-48(42)54(56(44)60)52-46-24-12-8-20-40(46)28-30-50(52)38-17-5-2-6-18-38/h1-30,33-36,59-60H,31-32H2. The van der Waals surface area contributed by atoms with Crippen LogP contribution in [0, 0.1) is 0 Å². The summed E-state index contributed by atoms with van der Waals surface area (Å²) in [6.45, 7) is 0.786. The predicted molar refractivity (Wildman–Crippen MR) is 253 cm³/mol. The molecule has 0 aromatic heterocycles. The smallest absolute Gasteiger partial charge is 0.132 e. The zero-order chi connectivity index (χ0) is 40.4. The summed E-state index contributed by atoms with van der Waals surface area (Å²) in [7, 11) is 0. The lowest BCUT2D eigenvalue weighted by Gasteiger charge is -2.18. The third kappa shape index (κ3) is 6.64. The average molecular weight is 773 g/mol. The Balaban J connectivity index is 1.00. The maximum Gasteiger partial charge on any atom is 0.132 e. The van der Waals surface area contributed by atoms with Gasteiger partial charge >= 0.3 is 0 Å². The molecule has 0 atom stereocenters. The SMILES string of the molecule is Oc1c(C=NCCN=Cc2cc3ccccc3c(-c3c(-c4ccccc4)ccc4ccccc34)c2O)cc2ccccc2c1-c1c(-c2ccccc2)ccc2ccccc12. The summed E-state index contributed by atoms with van der Waals surface area (Å²) in [5, 5.41) is 32.7. The van der Waals surface area contributed by atoms with Gasteiger partial charge in [-0.2, -0.15) is 0 Å². The van der Waals surface area contributed by atoms with E-state index in [2.05, 4.69) is 109 Å². The van der Waals surface area contributed by atoms with Crippen molar-refractivity contribution in [2.24, 2.45) is 9.98 Å². The molecule has 4 heteroatoms. The number of fused-ring (bicyclic) bond motifs is 4. The summed E-state index contributed by atoms with van der Waals surface area (Å²) in [4.78, 5) is 9.55. The van der Waals surface area contributed by atoms with Crippen molar-refractivity contribution in [3.05, 3.63) is 205 Å². The highest BCUT2D eigenvalue weighted by atomic mass is 16.3. The first kappa shape index (κ1) is 36.5. The molecule has 0 bridgehead atoms. The van der Waals surface area contributed by atoms with Gasteiger partial charge in [-0.25, -0.2) is 0 Å². The van der Waals surface area contributed by atoms with Crippen LogP contribution >= 0.6 is 0 Å². The summed E-state index contributed by atoms with van der Waals surface area (Å²) < 4.78 is 0. The molecule has 0 amide bonds. The summed E-state index contributed by atoms with van der Waals surface area (Å²) in [6.07, 6.45) is 3.51. The minimum Gasteiger partial charge on any atom is -0.507 e. The number of nitrogens with zero attached hydrogens (tertiary/aromatic N) is 2. The Morgan fingerprint density at radius 3 is 1.07 bits per heavy atom. The molecule has 0 saturated heterocycles. The molecule has 0 unspecified atom stereocenters. The second-order valence-electron chi connectivity index (χ2n) is 15.0. The Labute approximate surface area is 348 Å². The first-order valence-corrected chi connectivity index (χ1v) is 20.3. The van der Waals surface area contributed by atoms with Crippen molar-refractivity contribution in [3.8, 4) is 56.0 Å². The number of aliphatic imine (C=N–C) groups is 2. The van der Waals surface area contributed by atoms with Crippen molar-refractivity contribution in [2.75, 3.05) is 13.1 Å². The van der Waals surface area contributed by atoms with Crippen molar-refractivity contribution in [1.29, 1.82) is 0 Å². The molecule has 0 aliphatic heterocycles. The summed E-state index contributed by atoms with van der Waals surface area (Å²) in [5.74, 6) is 0.373. The molecule has 286 valence electrons. The number of benzene rings is 10. The van der Waals surface area contributed by atoms with E-state index in [4.69, 9.17) is 9.98 Å². The number of aromatic hydroxyl groups is 2. The van der Waals surface area contributed by atoms with E-state index in [-0.39, 0.29) is 11.5 Å². The van der Waals surface area contributed by atoms with Gasteiger partial charge < -0.3 is 10.2 Å². The van der Waals surface area contributed by atoms with Gasteiger partial charge in [-0.1, -0.05) is 182 Å². The van der Waals surface area contributed by atoms with Crippen LogP contribution in [0.4, 0.5) is 0 Å². The van der Waals surface area contributed by atoms with Crippen molar-refractivity contribution >= 4 is 55.5 Å². The van der Waals surface area contributed by atoms with E-state index in [1.807, 2.05) is 84.9 Å². The van der Waals surface area contributed by atoms with Gasteiger partial charge in [-0.05, 0) is 77.5 Å². The molecular weight excluding hydrogens is 733 g/mol. The molecule has 10 aromatic rings. The fourth-order valence-electron chi connectivity index (χ4n) is 8.66. The molecule has 0 saturated carbocycles. The molecule has 4 nitrogen and oxygen atoms in total. The quantitative estimate of drug-likeness (QED) is 0.113. The van der Waals surface area contributed by atoms with Crippen molar-refractivity contribution in [1.82, 2.24) is 0 Å². The highest BCUT2D eigenvalue weighted by Crippen LogP contribution is 2.48. The first-order chi connectivity index (χ1) is 29.6. The molecule has 10 aromatic carbocycles. The van der Waals surface area contributed by atoms with Crippen LogP contribution in [0.15, 0.2) is 204 Å². The van der Waals surface area contributed by atoms with Crippen LogP contribution < -0.4 is 0 Å². The van der Waals surface area contributed by atoms with Gasteiger partial charge in [-0.3, -0.25) is 9.98 Å². The topological polar surface area (TPSA) is 65.2 Å². The third-order valence-electron chi connectivity index (χ3n) is 11.4. The summed E-state index contributed by atoms with van der Waals surface area (Å²) >= 11 is 0. The molecule has 60 heavy (non-hydrogen) atoms. The van der Waals surface area contributed by atoms with E-state index in [9.17, 15) is 10.2 Å². The number of hydrogen-bond donors (Lipinski definition) is 2. The number of rotatable bonds is 9. The maximum absolute atomic E-state index is 12.2. The highest BCUT2D eigenvalue weighted by molar-refractivity contribution is 6.16. The lowest BCUT2D eigenvalue weighted by atomic mass is 9.86. The van der Waals surface area contributed by atoms with Gasteiger partial charge in [0.1, 0.15) is 11.5 Å². The predicted octanol–water partition coefficient (Wildman–Crippen LogP) is 13.9. The lowest BCUT2D eigenvalue weighted by Crippen LogP contribution is -1.96.